The lowest BCUT2D eigenvalue weighted by Gasteiger charge is -2.25. The van der Waals surface area contributed by atoms with Crippen LogP contribution in [0, 0.1) is 6.92 Å². The lowest BCUT2D eigenvalue weighted by Crippen LogP contribution is -2.41. The summed E-state index contributed by atoms with van der Waals surface area (Å²) in [5.41, 5.74) is 2.19. The number of anilines is 1. The molecule has 1 aliphatic heterocycles. The zero-order valence-electron chi connectivity index (χ0n) is 18.8. The highest BCUT2D eigenvalue weighted by molar-refractivity contribution is 7.92. The molecule has 178 valence electrons. The molecule has 0 saturated carbocycles. The maximum absolute atomic E-state index is 13.5. The monoisotopic (exact) mass is 500 g/mol. The molecule has 34 heavy (non-hydrogen) atoms. The number of sulfonamides is 1. The number of hydrogen-bond donors (Lipinski definition) is 1. The molecule has 0 unspecified atom stereocenters. The van der Waals surface area contributed by atoms with Crippen molar-refractivity contribution in [1.29, 1.82) is 0 Å². The van der Waals surface area contributed by atoms with Crippen molar-refractivity contribution in [2.45, 2.75) is 24.8 Å². The van der Waals surface area contributed by atoms with Gasteiger partial charge in [0.2, 0.25) is 5.91 Å². The molecule has 1 atom stereocenters. The van der Waals surface area contributed by atoms with Crippen LogP contribution in [0.3, 0.4) is 0 Å². The maximum Gasteiger partial charge on any atom is 0.264 e. The van der Waals surface area contributed by atoms with Gasteiger partial charge in [0.25, 0.3) is 10.0 Å². The summed E-state index contributed by atoms with van der Waals surface area (Å²) in [7, 11) is -4.01. The van der Waals surface area contributed by atoms with Crippen molar-refractivity contribution in [1.82, 2.24) is 5.32 Å². The van der Waals surface area contributed by atoms with E-state index in [1.807, 2.05) is 26.0 Å². The van der Waals surface area contributed by atoms with E-state index in [1.165, 1.54) is 24.3 Å². The van der Waals surface area contributed by atoms with E-state index in [1.54, 1.807) is 30.3 Å². The Balaban J connectivity index is 1.56. The Bertz CT molecular complexity index is 1280. The number of halogens is 1. The highest BCUT2D eigenvalue weighted by Gasteiger charge is 2.28. The van der Waals surface area contributed by atoms with Gasteiger partial charge in [0.1, 0.15) is 19.8 Å². The van der Waals surface area contributed by atoms with Crippen LogP contribution in [0.15, 0.2) is 71.6 Å². The van der Waals surface area contributed by atoms with Gasteiger partial charge in [-0.2, -0.15) is 0 Å². The third-order valence-corrected chi connectivity index (χ3v) is 7.49. The number of aryl methyl sites for hydroxylation is 1. The van der Waals surface area contributed by atoms with E-state index in [0.717, 1.165) is 15.4 Å². The predicted octanol–water partition coefficient (Wildman–Crippen LogP) is 4.49. The Hall–Kier alpha value is -3.23. The van der Waals surface area contributed by atoms with E-state index in [2.05, 4.69) is 5.32 Å². The lowest BCUT2D eigenvalue weighted by molar-refractivity contribution is -0.120. The van der Waals surface area contributed by atoms with Crippen molar-refractivity contribution in [3.05, 3.63) is 82.9 Å². The molecule has 0 bridgehead atoms. The average molecular weight is 501 g/mol. The molecule has 1 aliphatic rings. The van der Waals surface area contributed by atoms with Gasteiger partial charge in [-0.3, -0.25) is 9.10 Å². The van der Waals surface area contributed by atoms with Gasteiger partial charge in [-0.25, -0.2) is 8.42 Å². The number of hydrogen-bond acceptors (Lipinski definition) is 5. The fraction of sp³-hybridized carbons (Fsp3) is 0.240. The number of rotatable bonds is 7. The van der Waals surface area contributed by atoms with E-state index in [-0.39, 0.29) is 17.5 Å². The number of fused-ring (bicyclic) bond motifs is 1. The minimum Gasteiger partial charge on any atom is -0.486 e. The first-order valence-corrected chi connectivity index (χ1v) is 12.6. The first-order valence-electron chi connectivity index (χ1n) is 10.8. The Morgan fingerprint density at radius 3 is 2.32 bits per heavy atom. The molecular weight excluding hydrogens is 476 g/mol. The molecule has 1 amide bonds. The van der Waals surface area contributed by atoms with Crippen molar-refractivity contribution < 1.29 is 22.7 Å². The highest BCUT2D eigenvalue weighted by atomic mass is 35.5. The van der Waals surface area contributed by atoms with Crippen LogP contribution in [0.5, 0.6) is 11.5 Å². The fourth-order valence-corrected chi connectivity index (χ4v) is 5.14. The van der Waals surface area contributed by atoms with Crippen LogP contribution in [0.25, 0.3) is 0 Å². The summed E-state index contributed by atoms with van der Waals surface area (Å²) >= 11 is 5.93. The van der Waals surface area contributed by atoms with Gasteiger partial charge in [0.05, 0.1) is 16.6 Å². The number of nitrogens with one attached hydrogen (secondary N) is 1. The van der Waals surface area contributed by atoms with Crippen molar-refractivity contribution in [3.63, 3.8) is 0 Å². The second-order valence-corrected chi connectivity index (χ2v) is 10.3. The second-order valence-electron chi connectivity index (χ2n) is 7.99. The molecule has 7 nitrogen and oxygen atoms in total. The van der Waals surface area contributed by atoms with Crippen molar-refractivity contribution in [2.75, 3.05) is 24.1 Å². The predicted molar refractivity (Wildman–Crippen MR) is 131 cm³/mol. The average Bonchev–Trinajstić information content (AvgIpc) is 2.83. The van der Waals surface area contributed by atoms with Crippen molar-refractivity contribution in [3.8, 4) is 11.5 Å². The topological polar surface area (TPSA) is 84.9 Å². The van der Waals surface area contributed by atoms with Gasteiger partial charge in [0.15, 0.2) is 11.5 Å². The molecule has 0 saturated heterocycles. The molecule has 0 spiro atoms. The molecule has 0 aliphatic carbocycles. The zero-order valence-corrected chi connectivity index (χ0v) is 20.4. The lowest BCUT2D eigenvalue weighted by atomic mass is 10.1. The van der Waals surface area contributed by atoms with E-state index in [9.17, 15) is 13.2 Å². The Kier molecular flexibility index (Phi) is 7.00. The molecular formula is C25H25ClN2O5S. The Morgan fingerprint density at radius 1 is 1.00 bits per heavy atom. The fourth-order valence-electron chi connectivity index (χ4n) is 3.59. The van der Waals surface area contributed by atoms with Crippen LogP contribution >= 0.6 is 11.6 Å². The third kappa shape index (κ3) is 5.29. The van der Waals surface area contributed by atoms with Crippen LogP contribution in [0.2, 0.25) is 5.02 Å². The molecule has 0 aromatic heterocycles. The van der Waals surface area contributed by atoms with Crippen LogP contribution in [0.4, 0.5) is 5.69 Å². The summed E-state index contributed by atoms with van der Waals surface area (Å²) in [6.45, 7) is 4.31. The van der Waals surface area contributed by atoms with Gasteiger partial charge in [-0.15, -0.1) is 0 Å². The largest absolute Gasteiger partial charge is 0.486 e. The highest BCUT2D eigenvalue weighted by Crippen LogP contribution is 2.32. The van der Waals surface area contributed by atoms with Crippen LogP contribution in [-0.4, -0.2) is 34.1 Å². The molecule has 3 aromatic carbocycles. The quantitative estimate of drug-likeness (QED) is 0.516. The summed E-state index contributed by atoms with van der Waals surface area (Å²) in [6, 6.07) is 17.9. The molecule has 4 rings (SSSR count). The molecule has 3 aromatic rings. The first kappa shape index (κ1) is 23.9. The number of carbonyl (C=O) groups excluding carboxylic acids is 1. The third-order valence-electron chi connectivity index (χ3n) is 5.45. The maximum atomic E-state index is 13.5. The summed E-state index contributed by atoms with van der Waals surface area (Å²) in [6.07, 6.45) is 0. The SMILES string of the molecule is Cc1ccc(N(CC(=O)N[C@H](C)c2ccc3c(c2)OCCO3)S(=O)(=O)c2ccc(Cl)cc2)cc1. The van der Waals surface area contributed by atoms with Gasteiger partial charge in [-0.1, -0.05) is 35.4 Å². The van der Waals surface area contributed by atoms with Crippen LogP contribution < -0.4 is 19.1 Å². The number of carbonyl (C=O) groups is 1. The smallest absolute Gasteiger partial charge is 0.264 e. The normalized spacial score (nSPS) is 13.7. The number of nitrogens with zero attached hydrogens (tertiary/aromatic N) is 1. The first-order chi connectivity index (χ1) is 16.2. The van der Waals surface area contributed by atoms with E-state index >= 15 is 0 Å². The van der Waals surface area contributed by atoms with Crippen LogP contribution in [0.1, 0.15) is 24.1 Å². The summed E-state index contributed by atoms with van der Waals surface area (Å²) in [5, 5.41) is 3.31. The summed E-state index contributed by atoms with van der Waals surface area (Å²) < 4.78 is 39.2. The Morgan fingerprint density at radius 2 is 1.65 bits per heavy atom. The molecule has 0 fully saturated rings. The summed E-state index contributed by atoms with van der Waals surface area (Å²) in [5.74, 6) is 0.838. The van der Waals surface area contributed by atoms with Crippen LogP contribution in [-0.2, 0) is 14.8 Å². The second kappa shape index (κ2) is 9.95. The molecule has 1 heterocycles. The zero-order chi connectivity index (χ0) is 24.3. The Labute approximate surface area is 204 Å². The number of amides is 1. The molecule has 9 heteroatoms. The van der Waals surface area contributed by atoms with Crippen molar-refractivity contribution >= 4 is 33.2 Å². The molecule has 1 N–H and O–H groups in total. The number of benzene rings is 3. The van der Waals surface area contributed by atoms with Gasteiger partial charge >= 0.3 is 0 Å². The van der Waals surface area contributed by atoms with Crippen molar-refractivity contribution in [2.24, 2.45) is 0 Å². The minimum atomic E-state index is -4.01. The van der Waals surface area contributed by atoms with Gasteiger partial charge in [0, 0.05) is 5.02 Å². The summed E-state index contributed by atoms with van der Waals surface area (Å²) in [4.78, 5) is 13.1. The number of ether oxygens (including phenoxy) is 2. The van der Waals surface area contributed by atoms with E-state index < -0.39 is 15.9 Å². The standard InChI is InChI=1S/C25H25ClN2O5S/c1-17-3-8-21(9-4-17)28(34(30,31)22-10-6-20(26)7-11-22)16-25(29)27-18(2)19-5-12-23-24(15-19)33-14-13-32-23/h3-12,15,18H,13-14,16H2,1-2H3,(H,27,29)/t18-/m1/s1. The van der Waals surface area contributed by atoms with Gasteiger partial charge in [-0.05, 0) is 67.9 Å². The van der Waals surface area contributed by atoms with E-state index in [0.29, 0.717) is 35.4 Å². The van der Waals surface area contributed by atoms with Gasteiger partial charge < -0.3 is 14.8 Å². The molecule has 0 radical (unpaired) electrons. The minimum absolute atomic E-state index is 0.0464. The van der Waals surface area contributed by atoms with E-state index in [4.69, 9.17) is 21.1 Å².